The van der Waals surface area contributed by atoms with E-state index in [0.717, 1.165) is 27.4 Å². The molecule has 0 bridgehead atoms. The van der Waals surface area contributed by atoms with Crippen LogP contribution in [-0.2, 0) is 6.54 Å². The Kier molecular flexibility index (Phi) is 5.44. The normalized spacial score (nSPS) is 10.1. The molecular weight excluding hydrogens is 334 g/mol. The molecule has 0 fully saturated rings. The van der Waals surface area contributed by atoms with E-state index in [4.69, 9.17) is 5.73 Å². The van der Waals surface area contributed by atoms with E-state index in [9.17, 15) is 10.1 Å². The number of non-ortho nitro benzene ring substituents is 1. The van der Waals surface area contributed by atoms with Gasteiger partial charge in [0.25, 0.3) is 5.69 Å². The summed E-state index contributed by atoms with van der Waals surface area (Å²) >= 11 is 1.54. The smallest absolute Gasteiger partial charge is 0.269 e. The van der Waals surface area contributed by atoms with Crippen LogP contribution in [0.15, 0.2) is 53.9 Å². The lowest BCUT2D eigenvalue weighted by molar-refractivity contribution is -0.384. The van der Waals surface area contributed by atoms with Gasteiger partial charge in [0.1, 0.15) is 5.01 Å². The summed E-state index contributed by atoms with van der Waals surface area (Å²) in [5.74, 6) is 0. The van der Waals surface area contributed by atoms with Crippen molar-refractivity contribution in [3.8, 4) is 21.8 Å². The Morgan fingerprint density at radius 1 is 1.13 bits per heavy atom. The van der Waals surface area contributed by atoms with Gasteiger partial charge < -0.3 is 5.73 Å². The predicted molar refractivity (Wildman–Crippen MR) is 94.8 cm³/mol. The van der Waals surface area contributed by atoms with E-state index in [2.05, 4.69) is 4.98 Å². The van der Waals surface area contributed by atoms with Crippen LogP contribution in [0.5, 0.6) is 0 Å². The van der Waals surface area contributed by atoms with Gasteiger partial charge in [-0.15, -0.1) is 23.7 Å². The minimum Gasteiger partial charge on any atom is -0.326 e. The summed E-state index contributed by atoms with van der Waals surface area (Å²) in [6, 6.07) is 14.4. The number of aromatic nitrogens is 1. The molecule has 0 spiro atoms. The van der Waals surface area contributed by atoms with E-state index in [-0.39, 0.29) is 18.1 Å². The molecule has 0 saturated carbocycles. The molecule has 3 rings (SSSR count). The number of rotatable bonds is 4. The number of nitro groups is 1. The van der Waals surface area contributed by atoms with Crippen molar-refractivity contribution >= 4 is 29.4 Å². The largest absolute Gasteiger partial charge is 0.326 e. The summed E-state index contributed by atoms with van der Waals surface area (Å²) in [4.78, 5) is 14.9. The molecule has 2 aromatic carbocycles. The average molecular weight is 348 g/mol. The molecule has 0 radical (unpaired) electrons. The fourth-order valence-electron chi connectivity index (χ4n) is 2.12. The molecule has 0 aliphatic heterocycles. The van der Waals surface area contributed by atoms with Crippen molar-refractivity contribution in [2.24, 2.45) is 5.73 Å². The van der Waals surface area contributed by atoms with Gasteiger partial charge in [-0.1, -0.05) is 18.2 Å². The number of benzene rings is 2. The van der Waals surface area contributed by atoms with Gasteiger partial charge in [0, 0.05) is 35.2 Å². The molecule has 0 amide bonds. The molecule has 3 aromatic rings. The molecule has 0 aliphatic rings. The molecule has 0 aliphatic carbocycles. The Morgan fingerprint density at radius 2 is 1.87 bits per heavy atom. The summed E-state index contributed by atoms with van der Waals surface area (Å²) in [5.41, 5.74) is 9.50. The first kappa shape index (κ1) is 17.1. The third-order valence-electron chi connectivity index (χ3n) is 3.29. The van der Waals surface area contributed by atoms with Crippen LogP contribution in [-0.4, -0.2) is 9.91 Å². The van der Waals surface area contributed by atoms with Crippen LogP contribution in [0.25, 0.3) is 21.8 Å². The minimum absolute atomic E-state index is 0. The lowest BCUT2D eigenvalue weighted by Crippen LogP contribution is -1.95. The molecule has 118 valence electrons. The second-order valence-corrected chi connectivity index (χ2v) is 5.60. The highest BCUT2D eigenvalue weighted by Crippen LogP contribution is 2.30. The number of nitrogens with two attached hydrogens (primary N) is 1. The van der Waals surface area contributed by atoms with Crippen LogP contribution in [0.4, 0.5) is 5.69 Å². The van der Waals surface area contributed by atoms with Crippen molar-refractivity contribution < 1.29 is 4.92 Å². The zero-order valence-electron chi connectivity index (χ0n) is 12.0. The van der Waals surface area contributed by atoms with Crippen LogP contribution < -0.4 is 5.73 Å². The molecule has 5 nitrogen and oxygen atoms in total. The van der Waals surface area contributed by atoms with E-state index < -0.39 is 4.92 Å². The number of thiazole rings is 1. The molecule has 1 aromatic heterocycles. The van der Waals surface area contributed by atoms with E-state index in [1.54, 1.807) is 23.5 Å². The number of nitrogens with zero attached hydrogens (tertiary/aromatic N) is 2. The maximum atomic E-state index is 10.7. The fraction of sp³-hybridized carbons (Fsp3) is 0.0625. The van der Waals surface area contributed by atoms with Crippen LogP contribution >= 0.6 is 23.7 Å². The highest BCUT2D eigenvalue weighted by Gasteiger charge is 2.09. The molecule has 0 unspecified atom stereocenters. The summed E-state index contributed by atoms with van der Waals surface area (Å²) in [5, 5.41) is 13.5. The van der Waals surface area contributed by atoms with Gasteiger partial charge >= 0.3 is 0 Å². The minimum atomic E-state index is -0.408. The SMILES string of the molecule is Cl.NCc1cccc(-c2nc(-c3ccc([N+](=O)[O-])cc3)cs2)c1. The molecule has 2 N–H and O–H groups in total. The number of halogens is 1. The van der Waals surface area contributed by atoms with Crippen LogP contribution in [0.1, 0.15) is 5.56 Å². The van der Waals surface area contributed by atoms with Crippen molar-refractivity contribution in [2.45, 2.75) is 6.54 Å². The first-order valence-corrected chi connectivity index (χ1v) is 7.55. The van der Waals surface area contributed by atoms with Crippen LogP contribution in [0.2, 0.25) is 0 Å². The number of nitro benzene ring substituents is 1. The Balaban J connectivity index is 0.00000192. The number of hydrogen-bond donors (Lipinski definition) is 1. The number of hydrogen-bond acceptors (Lipinski definition) is 5. The third kappa shape index (κ3) is 3.73. The van der Waals surface area contributed by atoms with Gasteiger partial charge in [0.15, 0.2) is 0 Å². The standard InChI is InChI=1S/C16H13N3O2S.ClH/c17-9-11-2-1-3-13(8-11)16-18-15(10-22-16)12-4-6-14(7-5-12)19(20)21;/h1-8,10H,9,17H2;1H. The van der Waals surface area contributed by atoms with Crippen molar-refractivity contribution in [1.29, 1.82) is 0 Å². The molecule has 0 saturated heterocycles. The second kappa shape index (κ2) is 7.32. The van der Waals surface area contributed by atoms with Gasteiger partial charge in [-0.3, -0.25) is 10.1 Å². The van der Waals surface area contributed by atoms with Crippen LogP contribution in [0.3, 0.4) is 0 Å². The van der Waals surface area contributed by atoms with Gasteiger partial charge in [0.05, 0.1) is 10.6 Å². The average Bonchev–Trinajstić information content (AvgIpc) is 3.05. The van der Waals surface area contributed by atoms with Gasteiger partial charge in [-0.25, -0.2) is 4.98 Å². The van der Waals surface area contributed by atoms with Gasteiger partial charge in [-0.2, -0.15) is 0 Å². The van der Waals surface area contributed by atoms with Crippen molar-refractivity contribution in [3.05, 3.63) is 69.6 Å². The van der Waals surface area contributed by atoms with Crippen molar-refractivity contribution in [1.82, 2.24) is 4.98 Å². The first-order valence-electron chi connectivity index (χ1n) is 6.67. The zero-order chi connectivity index (χ0) is 15.5. The molecule has 7 heteroatoms. The van der Waals surface area contributed by atoms with E-state index in [1.165, 1.54) is 12.1 Å². The summed E-state index contributed by atoms with van der Waals surface area (Å²) in [7, 11) is 0. The fourth-order valence-corrected chi connectivity index (χ4v) is 2.95. The lowest BCUT2D eigenvalue weighted by Gasteiger charge is -2.00. The van der Waals surface area contributed by atoms with Crippen molar-refractivity contribution in [2.75, 3.05) is 0 Å². The monoisotopic (exact) mass is 347 g/mol. The Bertz CT molecular complexity index is 818. The third-order valence-corrected chi connectivity index (χ3v) is 4.18. The highest BCUT2D eigenvalue weighted by molar-refractivity contribution is 7.13. The maximum absolute atomic E-state index is 10.7. The Morgan fingerprint density at radius 3 is 2.52 bits per heavy atom. The molecule has 23 heavy (non-hydrogen) atoms. The molecular formula is C16H14ClN3O2S. The lowest BCUT2D eigenvalue weighted by atomic mass is 10.1. The molecule has 1 heterocycles. The topological polar surface area (TPSA) is 82.0 Å². The highest BCUT2D eigenvalue weighted by atomic mass is 35.5. The zero-order valence-corrected chi connectivity index (χ0v) is 13.6. The summed E-state index contributed by atoms with van der Waals surface area (Å²) in [6.07, 6.45) is 0. The van der Waals surface area contributed by atoms with Gasteiger partial charge in [-0.05, 0) is 23.8 Å². The maximum Gasteiger partial charge on any atom is 0.269 e. The van der Waals surface area contributed by atoms with E-state index in [1.807, 2.05) is 29.6 Å². The summed E-state index contributed by atoms with van der Waals surface area (Å²) in [6.45, 7) is 0.494. The van der Waals surface area contributed by atoms with Gasteiger partial charge in [0.2, 0.25) is 0 Å². The predicted octanol–water partition coefficient (Wildman–Crippen LogP) is 4.27. The molecule has 0 atom stereocenters. The van der Waals surface area contributed by atoms with E-state index in [0.29, 0.717) is 6.54 Å². The Labute approximate surface area is 143 Å². The first-order chi connectivity index (χ1) is 10.7. The second-order valence-electron chi connectivity index (χ2n) is 4.75. The van der Waals surface area contributed by atoms with Crippen molar-refractivity contribution in [3.63, 3.8) is 0 Å². The Hall–Kier alpha value is -2.28. The van der Waals surface area contributed by atoms with E-state index >= 15 is 0 Å². The quantitative estimate of drug-likeness (QED) is 0.564. The summed E-state index contributed by atoms with van der Waals surface area (Å²) < 4.78 is 0. The van der Waals surface area contributed by atoms with Crippen LogP contribution in [0, 0.1) is 10.1 Å².